The van der Waals surface area contributed by atoms with Gasteiger partial charge in [-0.15, -0.1) is 0 Å². The van der Waals surface area contributed by atoms with Gasteiger partial charge in [-0.1, -0.05) is 37.3 Å². The lowest BCUT2D eigenvalue weighted by Gasteiger charge is -2.15. The third-order valence-electron chi connectivity index (χ3n) is 5.82. The van der Waals surface area contributed by atoms with Crippen LogP contribution in [0.1, 0.15) is 37.6 Å². The van der Waals surface area contributed by atoms with E-state index in [1.165, 1.54) is 18.4 Å². The lowest BCUT2D eigenvalue weighted by Crippen LogP contribution is -2.23. The number of fused-ring (bicyclic) bond motifs is 1. The van der Waals surface area contributed by atoms with Gasteiger partial charge in [-0.3, -0.25) is 4.79 Å². The van der Waals surface area contributed by atoms with Crippen LogP contribution in [0.4, 0.5) is 0 Å². The lowest BCUT2D eigenvalue weighted by molar-refractivity contribution is -0.148. The largest absolute Gasteiger partial charge is 0.457 e. The minimum Gasteiger partial charge on any atom is -0.457 e. The minimum atomic E-state index is -3.55. The van der Waals surface area contributed by atoms with Crippen LogP contribution in [0, 0.1) is 0 Å². The molecule has 4 rings (SSSR count). The summed E-state index contributed by atoms with van der Waals surface area (Å²) >= 11 is 0. The number of nitrogens with zero attached hydrogens (tertiary/aromatic N) is 3. The standard InChI is InChI=1S/C23H27N3O4S/c1-4-14-26-20-11-10-18(31(28,29)25(2)3)15-19(20)24-21(26)16-30-22(27)23(12-13-23)17-8-6-5-7-9-17/h5-11,15H,4,12-14,16H2,1-3H3. The summed E-state index contributed by atoms with van der Waals surface area (Å²) in [5.41, 5.74) is 1.84. The molecule has 1 fully saturated rings. The van der Waals surface area contributed by atoms with E-state index in [2.05, 4.69) is 11.9 Å². The van der Waals surface area contributed by atoms with E-state index in [4.69, 9.17) is 4.74 Å². The van der Waals surface area contributed by atoms with Crippen molar-refractivity contribution in [3.63, 3.8) is 0 Å². The molecule has 0 atom stereocenters. The number of hydrogen-bond donors (Lipinski definition) is 0. The first kappa shape index (κ1) is 21.5. The van der Waals surface area contributed by atoms with E-state index in [0.717, 1.165) is 30.3 Å². The SMILES string of the molecule is CCCn1c(COC(=O)C2(c3ccccc3)CC2)nc2cc(S(=O)(=O)N(C)C)ccc21. The molecule has 164 valence electrons. The second-order valence-corrected chi connectivity index (χ2v) is 10.3. The van der Waals surface area contributed by atoms with Crippen LogP contribution in [0.5, 0.6) is 0 Å². The van der Waals surface area contributed by atoms with E-state index < -0.39 is 15.4 Å². The minimum absolute atomic E-state index is 0.0534. The van der Waals surface area contributed by atoms with Gasteiger partial charge in [0.2, 0.25) is 10.0 Å². The van der Waals surface area contributed by atoms with Crippen LogP contribution < -0.4 is 0 Å². The number of sulfonamides is 1. The van der Waals surface area contributed by atoms with Crippen LogP contribution in [0.3, 0.4) is 0 Å². The molecule has 0 N–H and O–H groups in total. The van der Waals surface area contributed by atoms with E-state index >= 15 is 0 Å². The van der Waals surface area contributed by atoms with Crippen molar-refractivity contribution in [2.24, 2.45) is 0 Å². The molecule has 0 saturated heterocycles. The Morgan fingerprint density at radius 3 is 2.48 bits per heavy atom. The Morgan fingerprint density at radius 1 is 1.16 bits per heavy atom. The maximum absolute atomic E-state index is 12.9. The second-order valence-electron chi connectivity index (χ2n) is 8.14. The van der Waals surface area contributed by atoms with E-state index in [-0.39, 0.29) is 17.5 Å². The van der Waals surface area contributed by atoms with Crippen molar-refractivity contribution < 1.29 is 17.9 Å². The Balaban J connectivity index is 1.61. The first-order valence-electron chi connectivity index (χ1n) is 10.4. The summed E-state index contributed by atoms with van der Waals surface area (Å²) in [6.07, 6.45) is 2.44. The summed E-state index contributed by atoms with van der Waals surface area (Å²) in [5.74, 6) is 0.387. The van der Waals surface area contributed by atoms with Crippen LogP contribution >= 0.6 is 0 Å². The predicted molar refractivity (Wildman–Crippen MR) is 118 cm³/mol. The molecule has 0 amide bonds. The highest BCUT2D eigenvalue weighted by atomic mass is 32.2. The average molecular weight is 442 g/mol. The van der Waals surface area contributed by atoms with Gasteiger partial charge < -0.3 is 9.30 Å². The van der Waals surface area contributed by atoms with Crippen molar-refractivity contribution in [2.75, 3.05) is 14.1 Å². The van der Waals surface area contributed by atoms with E-state index in [1.807, 2.05) is 34.9 Å². The molecule has 1 aliphatic rings. The molecular formula is C23H27N3O4S. The third-order valence-corrected chi connectivity index (χ3v) is 7.64. The Bertz CT molecular complexity index is 1210. The van der Waals surface area contributed by atoms with Crippen molar-refractivity contribution in [1.29, 1.82) is 0 Å². The molecule has 1 aromatic heterocycles. The monoisotopic (exact) mass is 441 g/mol. The molecule has 0 radical (unpaired) electrons. The average Bonchev–Trinajstić information content (AvgIpc) is 3.51. The number of esters is 1. The lowest BCUT2D eigenvalue weighted by atomic mass is 9.96. The zero-order valence-electron chi connectivity index (χ0n) is 18.0. The highest BCUT2D eigenvalue weighted by Crippen LogP contribution is 2.49. The van der Waals surface area contributed by atoms with Crippen LogP contribution in [0.25, 0.3) is 11.0 Å². The number of rotatable bonds is 8. The number of aryl methyl sites for hydroxylation is 1. The van der Waals surface area contributed by atoms with Crippen molar-refractivity contribution in [2.45, 2.75) is 49.6 Å². The predicted octanol–water partition coefficient (Wildman–Crippen LogP) is 3.47. The van der Waals surface area contributed by atoms with Gasteiger partial charge >= 0.3 is 5.97 Å². The van der Waals surface area contributed by atoms with Crippen LogP contribution in [-0.4, -0.2) is 42.3 Å². The van der Waals surface area contributed by atoms with Gasteiger partial charge in [0.25, 0.3) is 0 Å². The van der Waals surface area contributed by atoms with Crippen LogP contribution in [-0.2, 0) is 38.1 Å². The van der Waals surface area contributed by atoms with Gasteiger partial charge in [0.05, 0.1) is 21.3 Å². The smallest absolute Gasteiger partial charge is 0.317 e. The normalized spacial score (nSPS) is 15.4. The van der Waals surface area contributed by atoms with E-state index in [9.17, 15) is 13.2 Å². The maximum atomic E-state index is 12.9. The number of aromatic nitrogens is 2. The molecule has 8 heteroatoms. The van der Waals surface area contributed by atoms with Gasteiger partial charge in [-0.25, -0.2) is 17.7 Å². The maximum Gasteiger partial charge on any atom is 0.317 e. The number of ether oxygens (including phenoxy) is 1. The molecule has 3 aromatic rings. The fraction of sp³-hybridized carbons (Fsp3) is 0.391. The number of carbonyl (C=O) groups excluding carboxylic acids is 1. The summed E-state index contributed by atoms with van der Waals surface area (Å²) in [4.78, 5) is 17.7. The Hall–Kier alpha value is -2.71. The highest BCUT2D eigenvalue weighted by Gasteiger charge is 2.52. The summed E-state index contributed by atoms with van der Waals surface area (Å²) in [7, 11) is -0.552. The zero-order chi connectivity index (χ0) is 22.2. The molecule has 2 aromatic carbocycles. The Labute approximate surface area is 182 Å². The molecule has 0 aliphatic heterocycles. The fourth-order valence-corrected chi connectivity index (χ4v) is 4.80. The summed E-state index contributed by atoms with van der Waals surface area (Å²) in [6, 6.07) is 14.7. The molecule has 1 aliphatic carbocycles. The van der Waals surface area contributed by atoms with Gasteiger partial charge in [-0.05, 0) is 43.0 Å². The van der Waals surface area contributed by atoms with Crippen molar-refractivity contribution >= 4 is 27.0 Å². The molecule has 31 heavy (non-hydrogen) atoms. The molecule has 0 unspecified atom stereocenters. The van der Waals surface area contributed by atoms with Gasteiger partial charge in [0, 0.05) is 20.6 Å². The van der Waals surface area contributed by atoms with Crippen molar-refractivity contribution in [1.82, 2.24) is 13.9 Å². The van der Waals surface area contributed by atoms with E-state index in [0.29, 0.717) is 17.9 Å². The van der Waals surface area contributed by atoms with Crippen molar-refractivity contribution in [3.05, 3.63) is 59.9 Å². The van der Waals surface area contributed by atoms with Crippen LogP contribution in [0.2, 0.25) is 0 Å². The molecule has 0 spiro atoms. The summed E-state index contributed by atoms with van der Waals surface area (Å²) in [6.45, 7) is 2.81. The molecule has 1 saturated carbocycles. The second kappa shape index (κ2) is 8.09. The Kier molecular flexibility index (Phi) is 5.61. The molecule has 0 bridgehead atoms. The zero-order valence-corrected chi connectivity index (χ0v) is 18.9. The third kappa shape index (κ3) is 3.85. The van der Waals surface area contributed by atoms with Gasteiger partial charge in [0.15, 0.2) is 0 Å². The highest BCUT2D eigenvalue weighted by molar-refractivity contribution is 7.89. The fourth-order valence-electron chi connectivity index (χ4n) is 3.88. The Morgan fingerprint density at radius 2 is 1.87 bits per heavy atom. The summed E-state index contributed by atoms with van der Waals surface area (Å²) in [5, 5.41) is 0. The van der Waals surface area contributed by atoms with Crippen LogP contribution in [0.15, 0.2) is 53.4 Å². The summed E-state index contributed by atoms with van der Waals surface area (Å²) < 4.78 is 33.9. The number of carbonyl (C=O) groups is 1. The van der Waals surface area contributed by atoms with Crippen molar-refractivity contribution in [3.8, 4) is 0 Å². The first-order chi connectivity index (χ1) is 14.8. The van der Waals surface area contributed by atoms with Gasteiger partial charge in [-0.2, -0.15) is 0 Å². The quantitative estimate of drug-likeness (QED) is 0.500. The number of hydrogen-bond acceptors (Lipinski definition) is 5. The molecular weight excluding hydrogens is 414 g/mol. The molecule has 7 nitrogen and oxygen atoms in total. The van der Waals surface area contributed by atoms with Gasteiger partial charge in [0.1, 0.15) is 12.4 Å². The van der Waals surface area contributed by atoms with E-state index in [1.54, 1.807) is 18.2 Å². The molecule has 1 heterocycles. The topological polar surface area (TPSA) is 81.5 Å². The first-order valence-corrected chi connectivity index (χ1v) is 11.9. The number of imidazole rings is 1. The number of benzene rings is 2.